The van der Waals surface area contributed by atoms with E-state index < -0.39 is 0 Å². The predicted molar refractivity (Wildman–Crippen MR) is 113 cm³/mol. The van der Waals surface area contributed by atoms with Crippen LogP contribution in [-0.2, 0) is 9.47 Å². The van der Waals surface area contributed by atoms with E-state index in [0.717, 1.165) is 45.7 Å². The Morgan fingerprint density at radius 2 is 1.75 bits per heavy atom. The quantitative estimate of drug-likeness (QED) is 0.478. The van der Waals surface area contributed by atoms with Crippen molar-refractivity contribution in [2.24, 2.45) is 0 Å². The summed E-state index contributed by atoms with van der Waals surface area (Å²) in [4.78, 5) is 14.9. The van der Waals surface area contributed by atoms with E-state index in [-0.39, 0.29) is 5.97 Å². The summed E-state index contributed by atoms with van der Waals surface area (Å²) < 4.78 is 10.8. The Labute approximate surface area is 175 Å². The summed E-state index contributed by atoms with van der Waals surface area (Å²) in [6.45, 7) is 4.95. The molecule has 1 fully saturated rings. The molecule has 0 bridgehead atoms. The highest BCUT2D eigenvalue weighted by atomic mass is 35.5. The lowest BCUT2D eigenvalue weighted by Gasteiger charge is -2.26. The summed E-state index contributed by atoms with van der Waals surface area (Å²) >= 11 is 12.4. The van der Waals surface area contributed by atoms with Crippen LogP contribution < -0.4 is 5.32 Å². The lowest BCUT2D eigenvalue weighted by Crippen LogP contribution is -2.36. The van der Waals surface area contributed by atoms with Gasteiger partial charge in [-0.2, -0.15) is 0 Å². The molecule has 0 spiro atoms. The molecule has 7 heteroatoms. The normalized spacial score (nSPS) is 14.6. The maximum Gasteiger partial charge on any atom is 0.340 e. The highest BCUT2D eigenvalue weighted by Crippen LogP contribution is 2.33. The van der Waals surface area contributed by atoms with Gasteiger partial charge in [-0.15, -0.1) is 0 Å². The molecule has 0 atom stereocenters. The number of ether oxygens (including phenoxy) is 2. The Balaban J connectivity index is 1.52. The molecule has 1 aliphatic heterocycles. The van der Waals surface area contributed by atoms with Gasteiger partial charge in [0.05, 0.1) is 46.8 Å². The van der Waals surface area contributed by atoms with Crippen LogP contribution in [-0.4, -0.2) is 50.3 Å². The largest absolute Gasteiger partial charge is 0.462 e. The number of para-hydroxylation sites is 2. The van der Waals surface area contributed by atoms with E-state index in [0.29, 0.717) is 33.6 Å². The molecule has 1 aliphatic rings. The molecule has 150 valence electrons. The van der Waals surface area contributed by atoms with Gasteiger partial charge in [0.25, 0.3) is 0 Å². The number of unbranched alkanes of at least 4 members (excludes halogenated alkanes) is 1. The first-order valence-corrected chi connectivity index (χ1v) is 10.2. The van der Waals surface area contributed by atoms with Gasteiger partial charge in [0, 0.05) is 13.1 Å². The molecule has 1 N–H and O–H groups in total. The second kappa shape index (κ2) is 10.7. The summed E-state index contributed by atoms with van der Waals surface area (Å²) in [6, 6.07) is 12.4. The number of rotatable bonds is 8. The van der Waals surface area contributed by atoms with Gasteiger partial charge < -0.3 is 14.8 Å². The number of morpholine rings is 1. The minimum atomic E-state index is -0.363. The zero-order chi connectivity index (χ0) is 19.8. The molecular weight excluding hydrogens is 399 g/mol. The lowest BCUT2D eigenvalue weighted by molar-refractivity contribution is 0.0348. The molecule has 0 unspecified atom stereocenters. The van der Waals surface area contributed by atoms with E-state index in [9.17, 15) is 4.79 Å². The summed E-state index contributed by atoms with van der Waals surface area (Å²) in [5.41, 5.74) is 1.62. The molecular formula is C21H24Cl2N2O3. The SMILES string of the molecule is O=C(OCCCCN1CCOCC1)c1ccccc1Nc1c(Cl)cccc1Cl. The van der Waals surface area contributed by atoms with Crippen LogP contribution in [0.4, 0.5) is 11.4 Å². The van der Waals surface area contributed by atoms with E-state index >= 15 is 0 Å². The van der Waals surface area contributed by atoms with Crippen LogP contribution in [0.1, 0.15) is 23.2 Å². The van der Waals surface area contributed by atoms with Gasteiger partial charge in [0.1, 0.15) is 0 Å². The first-order chi connectivity index (χ1) is 13.6. The summed E-state index contributed by atoms with van der Waals surface area (Å²) in [7, 11) is 0. The molecule has 0 amide bonds. The van der Waals surface area contributed by atoms with Crippen molar-refractivity contribution >= 4 is 40.5 Å². The van der Waals surface area contributed by atoms with Crippen molar-refractivity contribution in [1.29, 1.82) is 0 Å². The Bertz CT molecular complexity index is 775. The highest BCUT2D eigenvalue weighted by Gasteiger charge is 2.15. The number of carbonyl (C=O) groups is 1. The van der Waals surface area contributed by atoms with Crippen LogP contribution in [0, 0.1) is 0 Å². The minimum absolute atomic E-state index is 0.363. The van der Waals surface area contributed by atoms with E-state index in [1.54, 1.807) is 36.4 Å². The zero-order valence-electron chi connectivity index (χ0n) is 15.6. The number of halogens is 2. The van der Waals surface area contributed by atoms with Crippen LogP contribution in [0.3, 0.4) is 0 Å². The molecule has 0 aromatic heterocycles. The van der Waals surface area contributed by atoms with E-state index in [1.165, 1.54) is 0 Å². The standard InChI is InChI=1S/C21H24Cl2N2O3/c22-17-7-5-8-18(23)20(17)24-19-9-2-1-6-16(19)21(26)28-13-4-3-10-25-11-14-27-15-12-25/h1-2,5-9,24H,3-4,10-15H2. The van der Waals surface area contributed by atoms with E-state index in [2.05, 4.69) is 10.2 Å². The Morgan fingerprint density at radius 1 is 1.04 bits per heavy atom. The molecule has 5 nitrogen and oxygen atoms in total. The number of esters is 1. The van der Waals surface area contributed by atoms with Gasteiger partial charge in [-0.3, -0.25) is 4.90 Å². The monoisotopic (exact) mass is 422 g/mol. The van der Waals surface area contributed by atoms with Gasteiger partial charge >= 0.3 is 5.97 Å². The third-order valence-corrected chi connectivity index (χ3v) is 5.20. The van der Waals surface area contributed by atoms with Crippen molar-refractivity contribution in [3.8, 4) is 0 Å². The Morgan fingerprint density at radius 3 is 2.50 bits per heavy atom. The maximum absolute atomic E-state index is 12.5. The molecule has 2 aromatic carbocycles. The molecule has 2 aromatic rings. The second-order valence-electron chi connectivity index (χ2n) is 6.56. The number of nitrogens with one attached hydrogen (secondary N) is 1. The fraction of sp³-hybridized carbons (Fsp3) is 0.381. The van der Waals surface area contributed by atoms with E-state index in [1.807, 2.05) is 6.07 Å². The van der Waals surface area contributed by atoms with Gasteiger partial charge in [-0.1, -0.05) is 41.4 Å². The number of carbonyl (C=O) groups excluding carboxylic acids is 1. The molecule has 1 heterocycles. The molecule has 0 aliphatic carbocycles. The van der Waals surface area contributed by atoms with Crippen molar-refractivity contribution < 1.29 is 14.3 Å². The van der Waals surface area contributed by atoms with Crippen molar-refractivity contribution in [2.45, 2.75) is 12.8 Å². The Kier molecular flexibility index (Phi) is 7.98. The second-order valence-corrected chi connectivity index (χ2v) is 7.38. The van der Waals surface area contributed by atoms with Crippen molar-refractivity contribution in [3.05, 3.63) is 58.1 Å². The molecule has 28 heavy (non-hydrogen) atoms. The maximum atomic E-state index is 12.5. The fourth-order valence-electron chi connectivity index (χ4n) is 3.03. The lowest BCUT2D eigenvalue weighted by atomic mass is 10.1. The summed E-state index contributed by atoms with van der Waals surface area (Å²) in [6.07, 6.45) is 1.82. The Hall–Kier alpha value is -1.79. The van der Waals surface area contributed by atoms with Gasteiger partial charge in [0.2, 0.25) is 0 Å². The predicted octanol–water partition coefficient (Wildman–Crippen LogP) is 5.01. The highest BCUT2D eigenvalue weighted by molar-refractivity contribution is 6.39. The van der Waals surface area contributed by atoms with E-state index in [4.69, 9.17) is 32.7 Å². The molecule has 1 saturated heterocycles. The number of benzene rings is 2. The average Bonchev–Trinajstić information content (AvgIpc) is 2.71. The third kappa shape index (κ3) is 5.85. The topological polar surface area (TPSA) is 50.8 Å². The number of hydrogen-bond acceptors (Lipinski definition) is 5. The van der Waals surface area contributed by atoms with Gasteiger partial charge in [-0.05, 0) is 43.7 Å². The van der Waals surface area contributed by atoms with Gasteiger partial charge in [0.15, 0.2) is 0 Å². The smallest absolute Gasteiger partial charge is 0.340 e. The van der Waals surface area contributed by atoms with Crippen LogP contribution >= 0.6 is 23.2 Å². The van der Waals surface area contributed by atoms with Crippen molar-refractivity contribution in [1.82, 2.24) is 4.90 Å². The first kappa shape index (κ1) is 20.9. The summed E-state index contributed by atoms with van der Waals surface area (Å²) in [5.74, 6) is -0.363. The summed E-state index contributed by atoms with van der Waals surface area (Å²) in [5, 5.41) is 4.12. The van der Waals surface area contributed by atoms with Crippen molar-refractivity contribution in [2.75, 3.05) is 44.8 Å². The van der Waals surface area contributed by atoms with Crippen LogP contribution in [0.2, 0.25) is 10.0 Å². The van der Waals surface area contributed by atoms with Crippen LogP contribution in [0.25, 0.3) is 0 Å². The van der Waals surface area contributed by atoms with Crippen molar-refractivity contribution in [3.63, 3.8) is 0 Å². The number of anilines is 2. The van der Waals surface area contributed by atoms with Crippen LogP contribution in [0.5, 0.6) is 0 Å². The molecule has 0 saturated carbocycles. The third-order valence-electron chi connectivity index (χ3n) is 4.57. The fourth-order valence-corrected chi connectivity index (χ4v) is 3.52. The van der Waals surface area contributed by atoms with Gasteiger partial charge in [-0.25, -0.2) is 4.79 Å². The molecule has 0 radical (unpaired) electrons. The molecule has 3 rings (SSSR count). The average molecular weight is 423 g/mol. The first-order valence-electron chi connectivity index (χ1n) is 9.42. The van der Waals surface area contributed by atoms with Crippen LogP contribution in [0.15, 0.2) is 42.5 Å². The number of hydrogen-bond donors (Lipinski definition) is 1. The zero-order valence-corrected chi connectivity index (χ0v) is 17.1. The minimum Gasteiger partial charge on any atom is -0.462 e. The number of nitrogens with zero attached hydrogens (tertiary/aromatic N) is 1.